The molecule has 7 rings (SSSR count). The zero-order valence-electron chi connectivity index (χ0n) is 29.5. The number of hydrogen-bond donors (Lipinski definition) is 0. The summed E-state index contributed by atoms with van der Waals surface area (Å²) >= 11 is 0. The van der Waals surface area contributed by atoms with Crippen LogP contribution in [0.5, 0.6) is 0 Å². The molecule has 0 N–H and O–H groups in total. The van der Waals surface area contributed by atoms with Crippen LogP contribution in [0.15, 0.2) is 152 Å². The lowest BCUT2D eigenvalue weighted by atomic mass is 9.81. The molecule has 0 bridgehead atoms. The van der Waals surface area contributed by atoms with E-state index < -0.39 is 24.4 Å². The molecule has 0 spiro atoms. The maximum Gasteiger partial charge on any atom is 0.338 e. The van der Waals surface area contributed by atoms with Crippen LogP contribution in [0.2, 0.25) is 0 Å². The van der Waals surface area contributed by atoms with E-state index >= 15 is 0 Å². The zero-order chi connectivity index (χ0) is 35.4. The maximum atomic E-state index is 13.6. The molecule has 0 saturated carbocycles. The van der Waals surface area contributed by atoms with Crippen molar-refractivity contribution in [2.75, 3.05) is 13.2 Å². The van der Waals surface area contributed by atoms with Crippen molar-refractivity contribution >= 4 is 5.97 Å². The molecular weight excluding hydrogens is 650 g/mol. The molecule has 7 heteroatoms. The molecule has 0 radical (unpaired) electrons. The predicted octanol–water partition coefficient (Wildman–Crippen LogP) is 8.03. The monoisotopic (exact) mass is 697 g/mol. The van der Waals surface area contributed by atoms with Crippen molar-refractivity contribution < 1.29 is 28.5 Å². The lowest BCUT2D eigenvalue weighted by Crippen LogP contribution is -2.73. The number of fused-ring (bicyclic) bond motifs is 1. The Bertz CT molecular complexity index is 1780. The van der Waals surface area contributed by atoms with Crippen LogP contribution < -0.4 is 0 Å². The van der Waals surface area contributed by atoms with Gasteiger partial charge >= 0.3 is 5.97 Å². The number of esters is 1. The van der Waals surface area contributed by atoms with Crippen LogP contribution in [0.4, 0.5) is 0 Å². The van der Waals surface area contributed by atoms with E-state index in [0.29, 0.717) is 45.0 Å². The fourth-order valence-corrected chi connectivity index (χ4v) is 7.44. The Morgan fingerprint density at radius 3 is 1.50 bits per heavy atom. The number of hydrogen-bond acceptors (Lipinski definition) is 7. The van der Waals surface area contributed by atoms with Crippen LogP contribution in [-0.2, 0) is 50.1 Å². The summed E-state index contributed by atoms with van der Waals surface area (Å²) in [6, 6.07) is 49.5. The van der Waals surface area contributed by atoms with Crippen LogP contribution in [0.3, 0.4) is 0 Å². The number of ether oxygens (including phenoxy) is 5. The van der Waals surface area contributed by atoms with Gasteiger partial charge in [-0.3, -0.25) is 4.90 Å². The Hall–Kier alpha value is -4.63. The molecule has 2 saturated heterocycles. The average molecular weight is 698 g/mol. The molecule has 2 fully saturated rings. The van der Waals surface area contributed by atoms with E-state index in [2.05, 4.69) is 53.4 Å². The summed E-state index contributed by atoms with van der Waals surface area (Å²) in [4.78, 5) is 16.1. The minimum absolute atomic E-state index is 0.201. The molecule has 52 heavy (non-hydrogen) atoms. The molecule has 7 nitrogen and oxygen atoms in total. The summed E-state index contributed by atoms with van der Waals surface area (Å²) in [5.74, 6) is -0.338. The molecular formula is C45H47NO6. The standard InChI is InChI=1S/C45H47NO6/c47-45(38-25-14-5-15-26-38)52-40-27-16-28-46-39(33-48-29-34-17-6-1-7-18-34)42(49-30-35-19-8-2-9-20-35)44(51-32-37-23-12-4-13-24-37)43(41(40)46)50-31-36-21-10-3-11-22-36/h1-15,17-26,39-44H,16,27-33H2. The number of nitrogens with zero attached hydrogens (tertiary/aromatic N) is 1. The molecule has 5 aromatic rings. The summed E-state index contributed by atoms with van der Waals surface area (Å²) in [5.41, 5.74) is 4.82. The number of piperidine rings is 2. The molecule has 0 aliphatic carbocycles. The van der Waals surface area contributed by atoms with Gasteiger partial charge in [-0.15, -0.1) is 0 Å². The quantitative estimate of drug-likeness (QED) is 0.103. The number of carbonyl (C=O) groups excluding carboxylic acids is 1. The fraction of sp³-hybridized carbons (Fsp3) is 0.311. The second-order valence-electron chi connectivity index (χ2n) is 13.5. The highest BCUT2D eigenvalue weighted by Gasteiger charge is 2.55. The smallest absolute Gasteiger partial charge is 0.338 e. The van der Waals surface area contributed by atoms with Gasteiger partial charge in [-0.05, 0) is 53.8 Å². The Morgan fingerprint density at radius 2 is 0.981 bits per heavy atom. The molecule has 6 unspecified atom stereocenters. The van der Waals surface area contributed by atoms with Gasteiger partial charge in [0.05, 0.1) is 50.7 Å². The Balaban J connectivity index is 1.25. The topological polar surface area (TPSA) is 66.5 Å². The molecule has 2 heterocycles. The van der Waals surface area contributed by atoms with Crippen LogP contribution in [0.1, 0.15) is 45.5 Å². The average Bonchev–Trinajstić information content (AvgIpc) is 3.21. The van der Waals surface area contributed by atoms with Crippen LogP contribution in [0.25, 0.3) is 0 Å². The van der Waals surface area contributed by atoms with E-state index in [1.807, 2.05) is 91.0 Å². The number of rotatable bonds is 15. The van der Waals surface area contributed by atoms with Gasteiger partial charge in [0.25, 0.3) is 0 Å². The third-order valence-electron chi connectivity index (χ3n) is 9.98. The summed E-state index contributed by atoms with van der Waals surface area (Å²) < 4.78 is 33.9. The number of carbonyl (C=O) groups is 1. The van der Waals surface area contributed by atoms with Crippen LogP contribution in [0, 0.1) is 0 Å². The second kappa shape index (κ2) is 18.2. The lowest BCUT2D eigenvalue weighted by molar-refractivity contribution is -0.247. The first-order valence-electron chi connectivity index (χ1n) is 18.3. The third kappa shape index (κ3) is 9.23. The first-order valence-corrected chi connectivity index (χ1v) is 18.3. The summed E-state index contributed by atoms with van der Waals surface area (Å²) in [5, 5.41) is 0. The molecule has 0 amide bonds. The normalized spacial score (nSPS) is 23.1. The van der Waals surface area contributed by atoms with Gasteiger partial charge in [-0.2, -0.15) is 0 Å². The van der Waals surface area contributed by atoms with Gasteiger partial charge in [0.15, 0.2) is 0 Å². The van der Waals surface area contributed by atoms with E-state index in [1.54, 1.807) is 12.1 Å². The van der Waals surface area contributed by atoms with Crippen molar-refractivity contribution in [3.05, 3.63) is 179 Å². The van der Waals surface area contributed by atoms with Crippen LogP contribution >= 0.6 is 0 Å². The van der Waals surface area contributed by atoms with Gasteiger partial charge in [0, 0.05) is 0 Å². The maximum absolute atomic E-state index is 13.6. The first kappa shape index (κ1) is 35.8. The van der Waals surface area contributed by atoms with E-state index in [4.69, 9.17) is 23.7 Å². The van der Waals surface area contributed by atoms with E-state index in [9.17, 15) is 4.79 Å². The van der Waals surface area contributed by atoms with Gasteiger partial charge < -0.3 is 23.7 Å². The summed E-state index contributed by atoms with van der Waals surface area (Å²) in [6.45, 7) is 2.81. The van der Waals surface area contributed by atoms with Gasteiger partial charge in [0.1, 0.15) is 24.4 Å². The highest BCUT2D eigenvalue weighted by molar-refractivity contribution is 5.89. The largest absolute Gasteiger partial charge is 0.457 e. The Morgan fingerprint density at radius 1 is 0.538 bits per heavy atom. The molecule has 268 valence electrons. The minimum Gasteiger partial charge on any atom is -0.457 e. The zero-order valence-corrected chi connectivity index (χ0v) is 29.5. The van der Waals surface area contributed by atoms with Crippen molar-refractivity contribution in [3.8, 4) is 0 Å². The van der Waals surface area contributed by atoms with E-state index in [1.165, 1.54) is 0 Å². The lowest BCUT2D eigenvalue weighted by Gasteiger charge is -2.56. The predicted molar refractivity (Wildman–Crippen MR) is 200 cm³/mol. The summed E-state index contributed by atoms with van der Waals surface area (Å²) in [6.07, 6.45) is -0.273. The summed E-state index contributed by atoms with van der Waals surface area (Å²) in [7, 11) is 0. The minimum atomic E-state index is -0.504. The Labute approximate surface area is 307 Å². The molecule has 2 aliphatic heterocycles. The highest BCUT2D eigenvalue weighted by atomic mass is 16.6. The number of benzene rings is 5. The third-order valence-corrected chi connectivity index (χ3v) is 9.98. The van der Waals surface area contributed by atoms with E-state index in [-0.39, 0.29) is 18.1 Å². The SMILES string of the molecule is O=C(OC1CCCN2C(COCc3ccccc3)C(OCc3ccccc3)C(OCc3ccccc3)C(OCc3ccccc3)C12)c1ccccc1. The van der Waals surface area contributed by atoms with Gasteiger partial charge in [-0.1, -0.05) is 140 Å². The van der Waals surface area contributed by atoms with E-state index in [0.717, 1.165) is 35.2 Å². The second-order valence-corrected chi connectivity index (χ2v) is 13.5. The van der Waals surface area contributed by atoms with Crippen LogP contribution in [-0.4, -0.2) is 60.5 Å². The molecule has 5 aromatic carbocycles. The Kier molecular flexibility index (Phi) is 12.5. The molecule has 2 aliphatic rings. The van der Waals surface area contributed by atoms with Crippen molar-refractivity contribution in [2.24, 2.45) is 0 Å². The van der Waals surface area contributed by atoms with Crippen molar-refractivity contribution in [1.82, 2.24) is 4.90 Å². The van der Waals surface area contributed by atoms with Crippen molar-refractivity contribution in [1.29, 1.82) is 0 Å². The van der Waals surface area contributed by atoms with Gasteiger partial charge in [-0.25, -0.2) is 4.79 Å². The molecule has 6 atom stereocenters. The fourth-order valence-electron chi connectivity index (χ4n) is 7.44. The van der Waals surface area contributed by atoms with Gasteiger partial charge in [0.2, 0.25) is 0 Å². The molecule has 0 aromatic heterocycles. The first-order chi connectivity index (χ1) is 25.7. The van der Waals surface area contributed by atoms with Crippen molar-refractivity contribution in [3.63, 3.8) is 0 Å². The van der Waals surface area contributed by atoms with Crippen molar-refractivity contribution in [2.45, 2.75) is 75.8 Å². The highest BCUT2D eigenvalue weighted by Crippen LogP contribution is 2.39.